The van der Waals surface area contributed by atoms with Gasteiger partial charge in [0.1, 0.15) is 11.6 Å². The monoisotopic (exact) mass is 259 g/mol. The summed E-state index contributed by atoms with van der Waals surface area (Å²) in [6.07, 6.45) is 0. The first-order chi connectivity index (χ1) is 8.15. The zero-order valence-electron chi connectivity index (χ0n) is 9.26. The Morgan fingerprint density at radius 1 is 1.47 bits per heavy atom. The molecule has 0 fully saturated rings. The number of carboxylic acid groups (broad SMARTS) is 1. The van der Waals surface area contributed by atoms with Crippen molar-refractivity contribution in [3.8, 4) is 0 Å². The molecule has 2 N–H and O–H groups in total. The van der Waals surface area contributed by atoms with Crippen molar-refractivity contribution in [1.82, 2.24) is 0 Å². The van der Waals surface area contributed by atoms with Gasteiger partial charge in [0.15, 0.2) is 0 Å². The van der Waals surface area contributed by atoms with E-state index in [0.29, 0.717) is 18.2 Å². The Morgan fingerprint density at radius 3 is 2.88 bits per heavy atom. The van der Waals surface area contributed by atoms with E-state index in [-0.39, 0.29) is 18.1 Å². The number of amides is 1. The van der Waals surface area contributed by atoms with Crippen LogP contribution in [0, 0.1) is 0 Å². The molecule has 0 atom stereocenters. The minimum absolute atomic E-state index is 0.0836. The Labute approximate surface area is 102 Å². The fourth-order valence-corrected chi connectivity index (χ4v) is 1.84. The topological polar surface area (TPSA) is 84.9 Å². The van der Waals surface area contributed by atoms with Crippen LogP contribution in [0.2, 0.25) is 0 Å². The van der Waals surface area contributed by atoms with E-state index < -0.39 is 5.97 Å². The highest BCUT2D eigenvalue weighted by atomic mass is 32.1. The molecule has 1 rings (SSSR count). The summed E-state index contributed by atoms with van der Waals surface area (Å²) in [6.45, 7) is 0.604. The summed E-state index contributed by atoms with van der Waals surface area (Å²) >= 11 is 1.16. The second-order valence-electron chi connectivity index (χ2n) is 3.06. The molecule has 0 aliphatic rings. The highest BCUT2D eigenvalue weighted by Crippen LogP contribution is 2.22. The zero-order valence-corrected chi connectivity index (χ0v) is 10.1. The Balaban J connectivity index is 2.40. The molecule has 0 unspecified atom stereocenters. The van der Waals surface area contributed by atoms with Gasteiger partial charge in [-0.05, 0) is 11.4 Å². The van der Waals surface area contributed by atoms with E-state index in [1.165, 1.54) is 13.2 Å². The third kappa shape index (κ3) is 4.51. The molecular formula is C10H13NO5S. The summed E-state index contributed by atoms with van der Waals surface area (Å²) in [7, 11) is 1.54. The van der Waals surface area contributed by atoms with Gasteiger partial charge >= 0.3 is 5.97 Å². The van der Waals surface area contributed by atoms with E-state index in [0.717, 1.165) is 11.3 Å². The number of ether oxygens (including phenoxy) is 2. The third-order valence-corrected chi connectivity index (χ3v) is 2.64. The van der Waals surface area contributed by atoms with E-state index in [1.54, 1.807) is 5.38 Å². The molecule has 17 heavy (non-hydrogen) atoms. The van der Waals surface area contributed by atoms with E-state index in [2.05, 4.69) is 5.32 Å². The van der Waals surface area contributed by atoms with E-state index in [9.17, 15) is 9.59 Å². The van der Waals surface area contributed by atoms with Crippen molar-refractivity contribution >= 4 is 28.2 Å². The van der Waals surface area contributed by atoms with Crippen LogP contribution in [0.1, 0.15) is 10.4 Å². The average Bonchev–Trinajstić information content (AvgIpc) is 2.72. The van der Waals surface area contributed by atoms with Gasteiger partial charge in [-0.2, -0.15) is 0 Å². The maximum absolute atomic E-state index is 11.4. The summed E-state index contributed by atoms with van der Waals surface area (Å²) in [5.41, 5.74) is 0.0836. The van der Waals surface area contributed by atoms with Crippen LogP contribution in [0.5, 0.6) is 0 Å². The van der Waals surface area contributed by atoms with Crippen molar-refractivity contribution in [3.05, 3.63) is 17.0 Å². The van der Waals surface area contributed by atoms with Gasteiger partial charge in [-0.25, -0.2) is 4.79 Å². The van der Waals surface area contributed by atoms with E-state index in [1.807, 2.05) is 0 Å². The molecule has 0 spiro atoms. The fourth-order valence-electron chi connectivity index (χ4n) is 1.04. The van der Waals surface area contributed by atoms with Crippen molar-refractivity contribution in [2.24, 2.45) is 0 Å². The van der Waals surface area contributed by atoms with Crippen LogP contribution < -0.4 is 5.32 Å². The second kappa shape index (κ2) is 7.00. The molecule has 0 saturated carbocycles. The molecular weight excluding hydrogens is 246 g/mol. The largest absolute Gasteiger partial charge is 0.478 e. The van der Waals surface area contributed by atoms with E-state index >= 15 is 0 Å². The van der Waals surface area contributed by atoms with Gasteiger partial charge < -0.3 is 19.9 Å². The van der Waals surface area contributed by atoms with Gasteiger partial charge in [0, 0.05) is 7.11 Å². The number of carbonyl (C=O) groups is 2. The number of nitrogens with one attached hydrogen (secondary N) is 1. The lowest BCUT2D eigenvalue weighted by Crippen LogP contribution is -2.20. The maximum Gasteiger partial charge on any atom is 0.338 e. The molecule has 1 aromatic rings. The van der Waals surface area contributed by atoms with Gasteiger partial charge in [0.05, 0.1) is 18.8 Å². The molecule has 0 bridgehead atoms. The SMILES string of the molecule is COCCOCC(=O)Nc1sccc1C(=O)O. The van der Waals surface area contributed by atoms with Crippen LogP contribution >= 0.6 is 11.3 Å². The summed E-state index contributed by atoms with van der Waals surface area (Å²) in [5, 5.41) is 13.2. The number of carboxylic acids is 1. The molecule has 0 saturated heterocycles. The molecule has 1 aromatic heterocycles. The van der Waals surface area contributed by atoms with Gasteiger partial charge in [-0.1, -0.05) is 0 Å². The lowest BCUT2D eigenvalue weighted by molar-refractivity contribution is -0.121. The number of aromatic carboxylic acids is 1. The van der Waals surface area contributed by atoms with Gasteiger partial charge in [0.2, 0.25) is 0 Å². The van der Waals surface area contributed by atoms with Gasteiger partial charge in [-0.3, -0.25) is 4.79 Å². The number of methoxy groups -OCH3 is 1. The van der Waals surface area contributed by atoms with Crippen LogP contribution in [0.3, 0.4) is 0 Å². The number of hydrogen-bond donors (Lipinski definition) is 2. The summed E-state index contributed by atoms with van der Waals surface area (Å²) in [6, 6.07) is 1.44. The molecule has 1 amide bonds. The Kier molecular flexibility index (Phi) is 5.61. The number of thiophene rings is 1. The highest BCUT2D eigenvalue weighted by Gasteiger charge is 2.13. The minimum Gasteiger partial charge on any atom is -0.478 e. The zero-order chi connectivity index (χ0) is 12.7. The quantitative estimate of drug-likeness (QED) is 0.715. The van der Waals surface area contributed by atoms with Crippen LogP contribution in [0.4, 0.5) is 5.00 Å². The van der Waals surface area contributed by atoms with Gasteiger partial charge in [0.25, 0.3) is 5.91 Å². The molecule has 6 nitrogen and oxygen atoms in total. The average molecular weight is 259 g/mol. The summed E-state index contributed by atoms with van der Waals surface area (Å²) in [4.78, 5) is 22.2. The van der Waals surface area contributed by atoms with Crippen molar-refractivity contribution in [1.29, 1.82) is 0 Å². The van der Waals surface area contributed by atoms with Crippen LogP contribution in [0.25, 0.3) is 0 Å². The Hall–Kier alpha value is -1.44. The highest BCUT2D eigenvalue weighted by molar-refractivity contribution is 7.14. The fraction of sp³-hybridized carbons (Fsp3) is 0.400. The number of rotatable bonds is 7. The summed E-state index contributed by atoms with van der Waals surface area (Å²) in [5.74, 6) is -1.45. The smallest absolute Gasteiger partial charge is 0.338 e. The molecule has 0 aromatic carbocycles. The molecule has 94 valence electrons. The number of anilines is 1. The first kappa shape index (κ1) is 13.6. The summed E-state index contributed by atoms with van der Waals surface area (Å²) < 4.78 is 9.75. The van der Waals surface area contributed by atoms with Crippen molar-refractivity contribution < 1.29 is 24.2 Å². The first-order valence-corrected chi connectivity index (χ1v) is 5.70. The van der Waals surface area contributed by atoms with Crippen molar-refractivity contribution in [2.75, 3.05) is 32.2 Å². The molecule has 0 aliphatic carbocycles. The standard InChI is InChI=1S/C10H13NO5S/c1-15-3-4-16-6-8(12)11-9-7(10(13)14)2-5-17-9/h2,5H,3-4,6H2,1H3,(H,11,12)(H,13,14). The van der Waals surface area contributed by atoms with Crippen molar-refractivity contribution in [2.45, 2.75) is 0 Å². The molecule has 7 heteroatoms. The number of carbonyl (C=O) groups excluding carboxylic acids is 1. The van der Waals surface area contributed by atoms with Crippen LogP contribution in [-0.4, -0.2) is 43.9 Å². The van der Waals surface area contributed by atoms with Gasteiger partial charge in [-0.15, -0.1) is 11.3 Å². The lowest BCUT2D eigenvalue weighted by Gasteiger charge is -2.05. The number of hydrogen-bond acceptors (Lipinski definition) is 5. The Bertz CT molecular complexity index is 390. The molecule has 0 aliphatic heterocycles. The van der Waals surface area contributed by atoms with E-state index in [4.69, 9.17) is 14.6 Å². The predicted octanol–water partition coefficient (Wildman–Crippen LogP) is 1.05. The predicted molar refractivity (Wildman–Crippen MR) is 62.6 cm³/mol. The van der Waals surface area contributed by atoms with Crippen LogP contribution in [0.15, 0.2) is 11.4 Å². The molecule has 0 radical (unpaired) electrons. The maximum atomic E-state index is 11.4. The van der Waals surface area contributed by atoms with Crippen LogP contribution in [-0.2, 0) is 14.3 Å². The normalized spacial score (nSPS) is 10.2. The minimum atomic E-state index is -1.07. The lowest BCUT2D eigenvalue weighted by atomic mass is 10.3. The second-order valence-corrected chi connectivity index (χ2v) is 3.98. The third-order valence-electron chi connectivity index (χ3n) is 1.81. The Morgan fingerprint density at radius 2 is 2.24 bits per heavy atom. The van der Waals surface area contributed by atoms with Crippen molar-refractivity contribution in [3.63, 3.8) is 0 Å². The first-order valence-electron chi connectivity index (χ1n) is 4.82. The molecule has 1 heterocycles.